The van der Waals surface area contributed by atoms with Gasteiger partial charge in [-0.1, -0.05) is 19.6 Å². The zero-order chi connectivity index (χ0) is 4.50. The summed E-state index contributed by atoms with van der Waals surface area (Å²) in [5.41, 5.74) is 0. The Balaban J connectivity index is 0. The molecule has 0 spiro atoms. The molecule has 40 valence electrons. The van der Waals surface area contributed by atoms with Crippen molar-refractivity contribution in [1.29, 1.82) is 0 Å². The largest absolute Gasteiger partial charge is 0.344 e. The first-order valence-corrected chi connectivity index (χ1v) is 6.20. The normalized spacial score (nSPS) is 10.0. The second-order valence-corrected chi connectivity index (χ2v) is 9.60. The third kappa shape index (κ3) is 246. The molecule has 0 aromatic rings. The van der Waals surface area contributed by atoms with Crippen LogP contribution in [0.4, 0.5) is 0 Å². The van der Waals surface area contributed by atoms with Crippen molar-refractivity contribution in [3.63, 3.8) is 0 Å². The van der Waals surface area contributed by atoms with Gasteiger partial charge in [0, 0.05) is 0 Å². The maximum absolute atomic E-state index is 5.67. The van der Waals surface area contributed by atoms with Gasteiger partial charge in [0.15, 0.2) is 0 Å². The molecule has 3 N–H and O–H groups in total. The fourth-order valence-electron chi connectivity index (χ4n) is 0. The maximum Gasteiger partial charge on any atom is 0.147 e. The summed E-state index contributed by atoms with van der Waals surface area (Å²) in [7, 11) is -1.14. The predicted molar refractivity (Wildman–Crippen MR) is 34.2 cm³/mol. The zero-order valence-corrected chi connectivity index (χ0v) is 6.34. The molecular formula is C3H12ClNSi. The highest BCUT2D eigenvalue weighted by molar-refractivity contribution is 7.18. The third-order valence-electron chi connectivity index (χ3n) is 0. The molecule has 3 heteroatoms. The summed E-state index contributed by atoms with van der Waals surface area (Å²) < 4.78 is 0. The topological polar surface area (TPSA) is 35.0 Å². The van der Waals surface area contributed by atoms with E-state index < -0.39 is 7.38 Å². The monoisotopic (exact) mass is 125 g/mol. The Bertz CT molecular complexity index is 26.3. The van der Waals surface area contributed by atoms with Gasteiger partial charge in [0.25, 0.3) is 0 Å². The van der Waals surface area contributed by atoms with Crippen LogP contribution in [-0.2, 0) is 0 Å². The van der Waals surface area contributed by atoms with Crippen LogP contribution < -0.4 is 6.15 Å². The van der Waals surface area contributed by atoms with Gasteiger partial charge in [-0.25, -0.2) is 0 Å². The van der Waals surface area contributed by atoms with Gasteiger partial charge in [-0.05, 0) is 0 Å². The van der Waals surface area contributed by atoms with Crippen LogP contribution in [0.2, 0.25) is 19.6 Å². The molecule has 1 nitrogen and oxygen atoms in total. The molecule has 0 radical (unpaired) electrons. The van der Waals surface area contributed by atoms with Crippen LogP contribution in [0.3, 0.4) is 0 Å². The molecule has 0 aliphatic carbocycles. The Morgan fingerprint density at radius 1 is 1.17 bits per heavy atom. The molecule has 0 unspecified atom stereocenters. The molecule has 0 aliphatic rings. The van der Waals surface area contributed by atoms with Crippen LogP contribution in [0.25, 0.3) is 0 Å². The van der Waals surface area contributed by atoms with Gasteiger partial charge in [-0.3, -0.25) is 0 Å². The van der Waals surface area contributed by atoms with Gasteiger partial charge in [0.05, 0.1) is 0 Å². The predicted octanol–water partition coefficient (Wildman–Crippen LogP) is 2.22. The molecule has 0 saturated carbocycles. The molecule has 0 aromatic heterocycles. The summed E-state index contributed by atoms with van der Waals surface area (Å²) in [6.45, 7) is 6.28. The van der Waals surface area contributed by atoms with Crippen LogP contribution in [0.1, 0.15) is 0 Å². The smallest absolute Gasteiger partial charge is 0.147 e. The second kappa shape index (κ2) is 2.61. The van der Waals surface area contributed by atoms with E-state index in [1.807, 2.05) is 0 Å². The molecule has 0 atom stereocenters. The van der Waals surface area contributed by atoms with Crippen molar-refractivity contribution in [2.45, 2.75) is 19.6 Å². The third-order valence-corrected chi connectivity index (χ3v) is 0. The number of rotatable bonds is 0. The maximum atomic E-state index is 5.67. The Morgan fingerprint density at radius 3 is 1.17 bits per heavy atom. The lowest BCUT2D eigenvalue weighted by Crippen LogP contribution is -2.06. The lowest BCUT2D eigenvalue weighted by Gasteiger charge is -1.97. The quantitative estimate of drug-likeness (QED) is 0.391. The standard InChI is InChI=1S/C3H9ClSi.H3N/c1-5(2,3)4;/h1-3H3;1H3. The van der Waals surface area contributed by atoms with Gasteiger partial charge < -0.3 is 6.15 Å². The molecule has 0 rings (SSSR count). The van der Waals surface area contributed by atoms with Gasteiger partial charge in [0.1, 0.15) is 7.38 Å². The van der Waals surface area contributed by atoms with Crippen molar-refractivity contribution < 1.29 is 0 Å². The van der Waals surface area contributed by atoms with Crippen LogP contribution in [-0.4, -0.2) is 7.38 Å². The SMILES string of the molecule is C[Si](C)(C)Cl.N. The van der Waals surface area contributed by atoms with Crippen molar-refractivity contribution in [3.05, 3.63) is 0 Å². The minimum Gasteiger partial charge on any atom is -0.344 e. The number of hydrogen-bond donors (Lipinski definition) is 1. The molecule has 0 bridgehead atoms. The van der Waals surface area contributed by atoms with E-state index in [-0.39, 0.29) is 6.15 Å². The molecular weight excluding hydrogens is 114 g/mol. The number of halogens is 1. The van der Waals surface area contributed by atoms with Crippen molar-refractivity contribution >= 4 is 18.5 Å². The summed E-state index contributed by atoms with van der Waals surface area (Å²) in [5, 5.41) is 0. The Kier molecular flexibility index (Phi) is 4.21. The molecule has 0 aromatic carbocycles. The first kappa shape index (κ1) is 9.69. The average molecular weight is 126 g/mol. The minimum atomic E-state index is -1.14. The highest BCUT2D eigenvalue weighted by Gasteiger charge is 2.04. The summed E-state index contributed by atoms with van der Waals surface area (Å²) in [5.74, 6) is 0. The van der Waals surface area contributed by atoms with E-state index in [1.54, 1.807) is 0 Å². The fourth-order valence-corrected chi connectivity index (χ4v) is 0. The number of hydrogen-bond acceptors (Lipinski definition) is 1. The average Bonchev–Trinajstić information content (AvgIpc) is 0.722. The fraction of sp³-hybridized carbons (Fsp3) is 1.00. The molecule has 0 heterocycles. The summed E-state index contributed by atoms with van der Waals surface area (Å²) in [6, 6.07) is 0. The van der Waals surface area contributed by atoms with Crippen LogP contribution in [0.15, 0.2) is 0 Å². The summed E-state index contributed by atoms with van der Waals surface area (Å²) in [4.78, 5) is 0. The molecule has 0 amide bonds. The van der Waals surface area contributed by atoms with Crippen molar-refractivity contribution in [3.8, 4) is 0 Å². The molecule has 0 saturated heterocycles. The van der Waals surface area contributed by atoms with Crippen LogP contribution >= 0.6 is 11.1 Å². The Labute approximate surface area is 45.0 Å². The van der Waals surface area contributed by atoms with Crippen LogP contribution in [0, 0.1) is 0 Å². The van der Waals surface area contributed by atoms with Crippen molar-refractivity contribution in [2.75, 3.05) is 0 Å². The van der Waals surface area contributed by atoms with E-state index in [1.165, 1.54) is 0 Å². The summed E-state index contributed by atoms with van der Waals surface area (Å²) >= 11 is 5.67. The first-order chi connectivity index (χ1) is 2.00. The van der Waals surface area contributed by atoms with Crippen LogP contribution in [0.5, 0.6) is 0 Å². The molecule has 0 aliphatic heterocycles. The van der Waals surface area contributed by atoms with E-state index in [2.05, 4.69) is 19.6 Å². The van der Waals surface area contributed by atoms with Gasteiger partial charge in [-0.15, -0.1) is 0 Å². The minimum absolute atomic E-state index is 0. The van der Waals surface area contributed by atoms with E-state index in [4.69, 9.17) is 11.1 Å². The van der Waals surface area contributed by atoms with Gasteiger partial charge in [-0.2, -0.15) is 11.1 Å². The summed E-state index contributed by atoms with van der Waals surface area (Å²) in [6.07, 6.45) is 0. The highest BCUT2D eigenvalue weighted by Crippen LogP contribution is 2.03. The molecule has 6 heavy (non-hydrogen) atoms. The van der Waals surface area contributed by atoms with E-state index in [0.717, 1.165) is 0 Å². The van der Waals surface area contributed by atoms with E-state index >= 15 is 0 Å². The van der Waals surface area contributed by atoms with Crippen molar-refractivity contribution in [2.24, 2.45) is 0 Å². The highest BCUT2D eigenvalue weighted by atomic mass is 35.6. The lowest BCUT2D eigenvalue weighted by molar-refractivity contribution is 1.87. The van der Waals surface area contributed by atoms with Gasteiger partial charge in [0.2, 0.25) is 0 Å². The van der Waals surface area contributed by atoms with Gasteiger partial charge >= 0.3 is 0 Å². The molecule has 0 fully saturated rings. The van der Waals surface area contributed by atoms with E-state index in [9.17, 15) is 0 Å². The Hall–Kier alpha value is 0.467. The zero-order valence-electron chi connectivity index (χ0n) is 4.59. The first-order valence-electron chi connectivity index (χ1n) is 1.69. The Morgan fingerprint density at radius 2 is 1.17 bits per heavy atom. The van der Waals surface area contributed by atoms with E-state index in [0.29, 0.717) is 0 Å². The van der Waals surface area contributed by atoms with Crippen molar-refractivity contribution in [1.82, 2.24) is 6.15 Å². The lowest BCUT2D eigenvalue weighted by atomic mass is 11.8. The second-order valence-electron chi connectivity index (χ2n) is 2.07.